The van der Waals surface area contributed by atoms with E-state index in [-0.39, 0.29) is 29.1 Å². The molecule has 180 valence electrons. The van der Waals surface area contributed by atoms with Crippen molar-refractivity contribution in [3.05, 3.63) is 70.1 Å². The molecule has 1 saturated heterocycles. The van der Waals surface area contributed by atoms with Crippen molar-refractivity contribution in [3.8, 4) is 0 Å². The predicted molar refractivity (Wildman–Crippen MR) is 129 cm³/mol. The van der Waals surface area contributed by atoms with Gasteiger partial charge in [-0.15, -0.1) is 0 Å². The number of fused-ring (bicyclic) bond motifs is 5. The molecule has 0 unspecified atom stereocenters. The van der Waals surface area contributed by atoms with E-state index in [0.717, 1.165) is 47.1 Å². The van der Waals surface area contributed by atoms with Crippen molar-refractivity contribution < 1.29 is 18.7 Å². The molecule has 1 fully saturated rings. The fourth-order valence-corrected chi connectivity index (χ4v) is 5.84. The number of benzene rings is 2. The number of methoxy groups -OCH3 is 2. The van der Waals surface area contributed by atoms with E-state index in [2.05, 4.69) is 27.3 Å². The normalized spacial score (nSPS) is 24.6. The minimum absolute atomic E-state index is 0.0576. The molecule has 2 aromatic carbocycles. The number of hydrogen-bond donors (Lipinski definition) is 2. The Bertz CT molecular complexity index is 1200. The maximum Gasteiger partial charge on any atom is 0.323 e. The lowest BCUT2D eigenvalue weighted by molar-refractivity contribution is -0.152. The Morgan fingerprint density at radius 3 is 2.76 bits per heavy atom. The lowest BCUT2D eigenvalue weighted by atomic mass is 9.79. The molecule has 0 amide bonds. The van der Waals surface area contributed by atoms with Gasteiger partial charge in [-0.3, -0.25) is 9.69 Å². The number of hydrogen-bond acceptors (Lipinski definition) is 5. The zero-order chi connectivity index (χ0) is 23.8. The Kier molecular flexibility index (Phi) is 6.62. The SMILES string of the molecule is COCCN[C@H]1C[C@@H]2c3[nH]c4ccccc4c3C[C@@H](C(=O)OC)N2[C@H](c2ccc(Cl)c(F)c2)C1. The summed E-state index contributed by atoms with van der Waals surface area (Å²) in [5, 5.41) is 4.83. The second-order valence-corrected chi connectivity index (χ2v) is 9.48. The van der Waals surface area contributed by atoms with Gasteiger partial charge < -0.3 is 19.8 Å². The lowest BCUT2D eigenvalue weighted by Crippen LogP contribution is -2.55. The molecule has 1 aromatic heterocycles. The summed E-state index contributed by atoms with van der Waals surface area (Å²) in [5.74, 6) is -0.728. The monoisotopic (exact) mass is 485 g/mol. The standard InChI is InChI=1S/C26H29ClFN3O3/c1-33-10-9-29-16-12-22(15-7-8-19(27)20(28)11-15)31-23(13-16)25-18(14-24(31)26(32)34-2)17-5-3-4-6-21(17)30-25/h3-8,11,16,22-24,29-30H,9-10,12-14H2,1-2H3/t16-,22+,23-,24+/m1/s1. The summed E-state index contributed by atoms with van der Waals surface area (Å²) in [4.78, 5) is 18.9. The van der Waals surface area contributed by atoms with Gasteiger partial charge in [0, 0.05) is 48.8 Å². The third-order valence-corrected chi connectivity index (χ3v) is 7.52. The highest BCUT2D eigenvalue weighted by molar-refractivity contribution is 6.30. The lowest BCUT2D eigenvalue weighted by Gasteiger charge is -2.50. The van der Waals surface area contributed by atoms with E-state index in [9.17, 15) is 9.18 Å². The van der Waals surface area contributed by atoms with Crippen LogP contribution < -0.4 is 5.32 Å². The van der Waals surface area contributed by atoms with Crippen LogP contribution in [0.2, 0.25) is 5.02 Å². The predicted octanol–water partition coefficient (Wildman–Crippen LogP) is 4.54. The molecule has 2 aliphatic heterocycles. The molecule has 0 radical (unpaired) electrons. The summed E-state index contributed by atoms with van der Waals surface area (Å²) in [7, 11) is 3.11. The summed E-state index contributed by atoms with van der Waals surface area (Å²) in [6, 6.07) is 12.6. The summed E-state index contributed by atoms with van der Waals surface area (Å²) in [6.07, 6.45) is 2.07. The molecule has 34 heavy (non-hydrogen) atoms. The van der Waals surface area contributed by atoms with Crippen LogP contribution >= 0.6 is 11.6 Å². The van der Waals surface area contributed by atoms with Gasteiger partial charge in [-0.1, -0.05) is 35.9 Å². The van der Waals surface area contributed by atoms with Gasteiger partial charge in [0.2, 0.25) is 0 Å². The van der Waals surface area contributed by atoms with Gasteiger partial charge in [0.05, 0.1) is 24.8 Å². The Morgan fingerprint density at radius 1 is 1.21 bits per heavy atom. The van der Waals surface area contributed by atoms with Crippen LogP contribution in [0.15, 0.2) is 42.5 Å². The zero-order valence-electron chi connectivity index (χ0n) is 19.3. The van der Waals surface area contributed by atoms with E-state index in [1.54, 1.807) is 13.2 Å². The summed E-state index contributed by atoms with van der Waals surface area (Å²) >= 11 is 5.99. The van der Waals surface area contributed by atoms with Gasteiger partial charge in [-0.2, -0.15) is 0 Å². The number of piperidine rings is 1. The van der Waals surface area contributed by atoms with Gasteiger partial charge in [0.25, 0.3) is 0 Å². The zero-order valence-corrected chi connectivity index (χ0v) is 20.1. The number of esters is 1. The molecular weight excluding hydrogens is 457 g/mol. The number of rotatable bonds is 6. The van der Waals surface area contributed by atoms with Gasteiger partial charge in [0.1, 0.15) is 11.9 Å². The van der Waals surface area contributed by atoms with Gasteiger partial charge in [-0.05, 0) is 42.2 Å². The fraction of sp³-hybridized carbons (Fsp3) is 0.423. The minimum atomic E-state index is -0.467. The Labute approximate surface area is 203 Å². The molecule has 3 heterocycles. The first-order chi connectivity index (χ1) is 16.5. The van der Waals surface area contributed by atoms with Crippen molar-refractivity contribution in [2.45, 2.75) is 43.4 Å². The first-order valence-corrected chi connectivity index (χ1v) is 12.0. The van der Waals surface area contributed by atoms with Crippen LogP contribution in [0.4, 0.5) is 4.39 Å². The number of para-hydroxylation sites is 1. The molecular formula is C26H29ClFN3O3. The third-order valence-electron chi connectivity index (χ3n) is 7.21. The molecule has 4 atom stereocenters. The average molecular weight is 486 g/mol. The summed E-state index contributed by atoms with van der Waals surface area (Å²) in [6.45, 7) is 1.32. The molecule has 6 nitrogen and oxygen atoms in total. The Balaban J connectivity index is 1.62. The van der Waals surface area contributed by atoms with Crippen LogP contribution in [0.1, 0.15) is 41.7 Å². The molecule has 3 aromatic rings. The maximum atomic E-state index is 14.5. The van der Waals surface area contributed by atoms with Crippen molar-refractivity contribution in [2.24, 2.45) is 0 Å². The van der Waals surface area contributed by atoms with Crippen molar-refractivity contribution in [2.75, 3.05) is 27.4 Å². The van der Waals surface area contributed by atoms with E-state index >= 15 is 0 Å². The number of halogens is 2. The highest BCUT2D eigenvalue weighted by Gasteiger charge is 2.48. The number of H-pyrrole nitrogens is 1. The van der Waals surface area contributed by atoms with Gasteiger partial charge in [-0.25, -0.2) is 4.39 Å². The molecule has 2 N–H and O–H groups in total. The van der Waals surface area contributed by atoms with Crippen LogP contribution in [0.5, 0.6) is 0 Å². The largest absolute Gasteiger partial charge is 0.468 e. The summed E-state index contributed by atoms with van der Waals surface area (Å²) < 4.78 is 25.0. The molecule has 5 rings (SSSR count). The number of carbonyl (C=O) groups excluding carboxylic acids is 1. The maximum absolute atomic E-state index is 14.5. The first kappa shape index (κ1) is 23.3. The number of aromatic amines is 1. The number of carbonyl (C=O) groups is 1. The quantitative estimate of drug-likeness (QED) is 0.396. The fourth-order valence-electron chi connectivity index (χ4n) is 5.72. The second kappa shape index (κ2) is 9.66. The van der Waals surface area contributed by atoms with E-state index in [0.29, 0.717) is 13.0 Å². The molecule has 8 heteroatoms. The number of ether oxygens (including phenoxy) is 2. The number of aromatic nitrogens is 1. The van der Waals surface area contributed by atoms with Crippen LogP contribution in [0.3, 0.4) is 0 Å². The average Bonchev–Trinajstić information content (AvgIpc) is 3.23. The van der Waals surface area contributed by atoms with Crippen LogP contribution in [0.25, 0.3) is 10.9 Å². The smallest absolute Gasteiger partial charge is 0.323 e. The minimum Gasteiger partial charge on any atom is -0.468 e. The van der Waals surface area contributed by atoms with E-state index in [1.165, 1.54) is 13.2 Å². The van der Waals surface area contributed by atoms with Gasteiger partial charge in [0.15, 0.2) is 0 Å². The molecule has 0 bridgehead atoms. The number of nitrogens with one attached hydrogen (secondary N) is 2. The van der Waals surface area contributed by atoms with Crippen LogP contribution in [0, 0.1) is 5.82 Å². The van der Waals surface area contributed by atoms with E-state index in [4.69, 9.17) is 21.1 Å². The van der Waals surface area contributed by atoms with E-state index in [1.807, 2.05) is 18.2 Å². The molecule has 0 aliphatic carbocycles. The highest BCUT2D eigenvalue weighted by Crippen LogP contribution is 2.49. The van der Waals surface area contributed by atoms with Crippen molar-refractivity contribution in [3.63, 3.8) is 0 Å². The van der Waals surface area contributed by atoms with Crippen LogP contribution in [-0.4, -0.2) is 55.3 Å². The Hall–Kier alpha value is -2.45. The number of nitrogens with zero attached hydrogens (tertiary/aromatic N) is 1. The van der Waals surface area contributed by atoms with Crippen molar-refractivity contribution >= 4 is 28.5 Å². The first-order valence-electron chi connectivity index (χ1n) is 11.6. The Morgan fingerprint density at radius 2 is 2.00 bits per heavy atom. The third kappa shape index (κ3) is 4.11. The second-order valence-electron chi connectivity index (χ2n) is 9.07. The van der Waals surface area contributed by atoms with Crippen molar-refractivity contribution in [1.82, 2.24) is 15.2 Å². The van der Waals surface area contributed by atoms with Crippen LogP contribution in [-0.2, 0) is 20.7 Å². The summed E-state index contributed by atoms with van der Waals surface area (Å²) in [5.41, 5.74) is 4.14. The molecule has 0 spiro atoms. The topological polar surface area (TPSA) is 66.6 Å². The van der Waals surface area contributed by atoms with E-state index < -0.39 is 11.9 Å². The van der Waals surface area contributed by atoms with Gasteiger partial charge >= 0.3 is 5.97 Å². The molecule has 0 saturated carbocycles. The van der Waals surface area contributed by atoms with Crippen molar-refractivity contribution in [1.29, 1.82) is 0 Å². The highest BCUT2D eigenvalue weighted by atomic mass is 35.5. The molecule has 2 aliphatic rings.